The van der Waals surface area contributed by atoms with Crippen LogP contribution in [-0.4, -0.2) is 28.4 Å². The number of nitrogens with zero attached hydrogens (tertiary/aromatic N) is 2. The lowest BCUT2D eigenvalue weighted by Gasteiger charge is -2.18. The predicted octanol–water partition coefficient (Wildman–Crippen LogP) is 3.26. The molecule has 6 nitrogen and oxygen atoms in total. The minimum Gasteiger partial charge on any atom is -0.325 e. The number of hydrogen-bond donors (Lipinski definition) is 1. The van der Waals surface area contributed by atoms with Gasteiger partial charge >= 0.3 is 10.2 Å². The first-order chi connectivity index (χ1) is 12.3. The Morgan fingerprint density at radius 3 is 2.23 bits per heavy atom. The van der Waals surface area contributed by atoms with E-state index >= 15 is 0 Å². The highest BCUT2D eigenvalue weighted by molar-refractivity contribution is 7.94. The van der Waals surface area contributed by atoms with E-state index in [0.29, 0.717) is 23.5 Å². The highest BCUT2D eigenvalue weighted by Gasteiger charge is 2.36. The van der Waals surface area contributed by atoms with Crippen LogP contribution < -0.4 is 13.9 Å². The molecule has 1 aliphatic rings. The standard InChI is InChI=1S/C19H23N3O3S/c1-5-15(14-9-7-6-8-10-14)19(23)20-16-12-18-17(11-13(16)2)21(3)26(24,25)22(18)4/h6-12,15H,5H2,1-4H3,(H,20,23). The third-order valence-electron chi connectivity index (χ3n) is 4.88. The molecule has 1 N–H and O–H groups in total. The van der Waals surface area contributed by atoms with Crippen LogP contribution in [0.3, 0.4) is 0 Å². The van der Waals surface area contributed by atoms with Crippen LogP contribution >= 0.6 is 0 Å². The summed E-state index contributed by atoms with van der Waals surface area (Å²) in [6.45, 7) is 3.83. The molecule has 2 aromatic rings. The number of amides is 1. The van der Waals surface area contributed by atoms with Gasteiger partial charge in [-0.1, -0.05) is 37.3 Å². The van der Waals surface area contributed by atoms with Crippen LogP contribution in [0.15, 0.2) is 42.5 Å². The average Bonchev–Trinajstić information content (AvgIpc) is 2.78. The second kappa shape index (κ2) is 6.64. The molecule has 1 aliphatic heterocycles. The summed E-state index contributed by atoms with van der Waals surface area (Å²) in [6, 6.07) is 13.2. The molecule has 1 atom stereocenters. The van der Waals surface area contributed by atoms with E-state index in [0.717, 1.165) is 11.1 Å². The van der Waals surface area contributed by atoms with Gasteiger partial charge in [-0.25, -0.2) is 0 Å². The lowest BCUT2D eigenvalue weighted by molar-refractivity contribution is -0.117. The van der Waals surface area contributed by atoms with Gasteiger partial charge in [0.25, 0.3) is 0 Å². The summed E-state index contributed by atoms with van der Waals surface area (Å²) in [5.41, 5.74) is 3.57. The molecule has 0 fully saturated rings. The van der Waals surface area contributed by atoms with E-state index in [-0.39, 0.29) is 11.8 Å². The highest BCUT2D eigenvalue weighted by atomic mass is 32.2. The Morgan fingerprint density at radius 2 is 1.65 bits per heavy atom. The van der Waals surface area contributed by atoms with E-state index in [4.69, 9.17) is 0 Å². The molecule has 3 rings (SSSR count). The number of anilines is 3. The fourth-order valence-electron chi connectivity index (χ4n) is 3.23. The third kappa shape index (κ3) is 2.92. The number of benzene rings is 2. The van der Waals surface area contributed by atoms with Crippen molar-refractivity contribution in [3.63, 3.8) is 0 Å². The number of aryl methyl sites for hydroxylation is 1. The van der Waals surface area contributed by atoms with E-state index in [9.17, 15) is 13.2 Å². The Hall–Kier alpha value is -2.54. The Kier molecular flexibility index (Phi) is 4.66. The lowest BCUT2D eigenvalue weighted by Crippen LogP contribution is -2.32. The fraction of sp³-hybridized carbons (Fsp3) is 0.316. The topological polar surface area (TPSA) is 69.7 Å². The van der Waals surface area contributed by atoms with Gasteiger partial charge in [0.05, 0.1) is 17.3 Å². The summed E-state index contributed by atoms with van der Waals surface area (Å²) in [4.78, 5) is 12.8. The molecule has 0 spiro atoms. The summed E-state index contributed by atoms with van der Waals surface area (Å²) in [5, 5.41) is 2.97. The van der Waals surface area contributed by atoms with Gasteiger partial charge in [-0.15, -0.1) is 0 Å². The average molecular weight is 373 g/mol. The third-order valence-corrected chi connectivity index (χ3v) is 6.65. The van der Waals surface area contributed by atoms with Crippen LogP contribution in [0.5, 0.6) is 0 Å². The van der Waals surface area contributed by atoms with Crippen LogP contribution in [0.2, 0.25) is 0 Å². The van der Waals surface area contributed by atoms with Gasteiger partial charge in [-0.3, -0.25) is 13.4 Å². The molecule has 0 radical (unpaired) electrons. The molecule has 0 saturated carbocycles. The maximum absolute atomic E-state index is 12.8. The van der Waals surface area contributed by atoms with Crippen molar-refractivity contribution < 1.29 is 13.2 Å². The second-order valence-corrected chi connectivity index (χ2v) is 8.45. The SMILES string of the molecule is CCC(C(=O)Nc1cc2c(cc1C)N(C)S(=O)(=O)N2C)c1ccccc1. The van der Waals surface area contributed by atoms with Crippen LogP contribution in [0.4, 0.5) is 17.1 Å². The molecule has 7 heteroatoms. The number of carbonyl (C=O) groups is 1. The molecular weight excluding hydrogens is 350 g/mol. The number of rotatable bonds is 4. The minimum atomic E-state index is -3.53. The Balaban J connectivity index is 1.92. The number of fused-ring (bicyclic) bond motifs is 1. The fourth-order valence-corrected chi connectivity index (χ4v) is 4.39. The number of nitrogens with one attached hydrogen (secondary N) is 1. The molecule has 0 bridgehead atoms. The number of carbonyl (C=O) groups excluding carboxylic acids is 1. The summed E-state index contributed by atoms with van der Waals surface area (Å²) in [6.07, 6.45) is 0.677. The summed E-state index contributed by atoms with van der Waals surface area (Å²) in [7, 11) is -0.498. The van der Waals surface area contributed by atoms with Crippen molar-refractivity contribution in [3.05, 3.63) is 53.6 Å². The van der Waals surface area contributed by atoms with Crippen molar-refractivity contribution in [1.29, 1.82) is 0 Å². The van der Waals surface area contributed by atoms with E-state index in [2.05, 4.69) is 5.32 Å². The monoisotopic (exact) mass is 373 g/mol. The predicted molar refractivity (Wildman–Crippen MR) is 105 cm³/mol. The van der Waals surface area contributed by atoms with Crippen LogP contribution in [-0.2, 0) is 15.0 Å². The van der Waals surface area contributed by atoms with Crippen molar-refractivity contribution in [2.45, 2.75) is 26.2 Å². The molecule has 26 heavy (non-hydrogen) atoms. The van der Waals surface area contributed by atoms with Gasteiger partial charge in [0.1, 0.15) is 0 Å². The first-order valence-electron chi connectivity index (χ1n) is 8.50. The summed E-state index contributed by atoms with van der Waals surface area (Å²) in [5.74, 6) is -0.355. The zero-order valence-electron chi connectivity index (χ0n) is 15.4. The molecular formula is C19H23N3O3S. The zero-order chi connectivity index (χ0) is 19.1. The first kappa shape index (κ1) is 18.3. The Labute approximate surface area is 154 Å². The van der Waals surface area contributed by atoms with E-state index in [1.54, 1.807) is 12.1 Å². The van der Waals surface area contributed by atoms with Crippen molar-refractivity contribution in [2.24, 2.45) is 0 Å². The Bertz CT molecular complexity index is 942. The minimum absolute atomic E-state index is 0.0985. The molecule has 0 aromatic heterocycles. The molecule has 1 heterocycles. The number of hydrogen-bond acceptors (Lipinski definition) is 3. The maximum atomic E-state index is 12.8. The molecule has 2 aromatic carbocycles. The van der Waals surface area contributed by atoms with Gasteiger partial charge in [0.15, 0.2) is 0 Å². The summed E-state index contributed by atoms with van der Waals surface area (Å²) >= 11 is 0. The van der Waals surface area contributed by atoms with Crippen molar-refractivity contribution in [3.8, 4) is 0 Å². The molecule has 0 saturated heterocycles. The molecule has 138 valence electrons. The van der Waals surface area contributed by atoms with Crippen LogP contribution in [0.1, 0.15) is 30.4 Å². The first-order valence-corrected chi connectivity index (χ1v) is 9.90. The van der Waals surface area contributed by atoms with Gasteiger partial charge in [0, 0.05) is 19.8 Å². The van der Waals surface area contributed by atoms with E-state index in [1.807, 2.05) is 44.2 Å². The van der Waals surface area contributed by atoms with Crippen molar-refractivity contribution in [2.75, 3.05) is 28.0 Å². The van der Waals surface area contributed by atoms with Gasteiger partial charge in [-0.2, -0.15) is 8.42 Å². The highest BCUT2D eigenvalue weighted by Crippen LogP contribution is 2.42. The normalized spacial score (nSPS) is 16.3. The largest absolute Gasteiger partial charge is 0.326 e. The van der Waals surface area contributed by atoms with Crippen LogP contribution in [0, 0.1) is 6.92 Å². The van der Waals surface area contributed by atoms with Gasteiger partial charge < -0.3 is 5.32 Å². The molecule has 1 unspecified atom stereocenters. The van der Waals surface area contributed by atoms with Crippen molar-refractivity contribution >= 4 is 33.2 Å². The lowest BCUT2D eigenvalue weighted by atomic mass is 9.95. The smallest absolute Gasteiger partial charge is 0.325 e. The second-order valence-electron chi connectivity index (χ2n) is 6.46. The van der Waals surface area contributed by atoms with Crippen LogP contribution in [0.25, 0.3) is 0 Å². The molecule has 0 aliphatic carbocycles. The maximum Gasteiger partial charge on any atom is 0.326 e. The van der Waals surface area contributed by atoms with Gasteiger partial charge in [0.2, 0.25) is 5.91 Å². The van der Waals surface area contributed by atoms with E-state index in [1.165, 1.54) is 22.7 Å². The van der Waals surface area contributed by atoms with Crippen molar-refractivity contribution in [1.82, 2.24) is 0 Å². The summed E-state index contributed by atoms with van der Waals surface area (Å²) < 4.78 is 27.1. The molecule has 1 amide bonds. The van der Waals surface area contributed by atoms with E-state index < -0.39 is 10.2 Å². The Morgan fingerprint density at radius 1 is 1.08 bits per heavy atom. The quantitative estimate of drug-likeness (QED) is 0.894. The zero-order valence-corrected chi connectivity index (χ0v) is 16.2. The van der Waals surface area contributed by atoms with Gasteiger partial charge in [-0.05, 0) is 36.6 Å².